The summed E-state index contributed by atoms with van der Waals surface area (Å²) < 4.78 is 33.5. The molecule has 0 saturated carbocycles. The highest BCUT2D eigenvalue weighted by atomic mass is 35.5. The maximum atomic E-state index is 13.3. The van der Waals surface area contributed by atoms with Gasteiger partial charge in [-0.1, -0.05) is 41.4 Å². The molecule has 3 aromatic rings. The van der Waals surface area contributed by atoms with Gasteiger partial charge in [0.25, 0.3) is 15.9 Å². The monoisotopic (exact) mass is 549 g/mol. The van der Waals surface area contributed by atoms with Gasteiger partial charge in [0.15, 0.2) is 0 Å². The lowest BCUT2D eigenvalue weighted by atomic mass is 10.2. The quantitative estimate of drug-likeness (QED) is 0.305. The van der Waals surface area contributed by atoms with Crippen molar-refractivity contribution in [2.45, 2.75) is 11.0 Å². The third-order valence-corrected chi connectivity index (χ3v) is 8.45. The number of hydrazone groups is 1. The molecule has 1 fully saturated rings. The summed E-state index contributed by atoms with van der Waals surface area (Å²) in [5, 5.41) is 4.71. The van der Waals surface area contributed by atoms with Gasteiger partial charge in [0.2, 0.25) is 0 Å². The minimum Gasteiger partial charge on any atom is -0.489 e. The molecule has 1 amide bonds. The summed E-state index contributed by atoms with van der Waals surface area (Å²) in [6.07, 6.45) is 1.68. The first-order valence-corrected chi connectivity index (χ1v) is 13.9. The largest absolute Gasteiger partial charge is 0.489 e. The van der Waals surface area contributed by atoms with Crippen molar-refractivity contribution in [3.05, 3.63) is 88.4 Å². The van der Waals surface area contributed by atoms with Crippen LogP contribution in [0.4, 0.5) is 5.69 Å². The number of amides is 1. The first-order valence-electron chi connectivity index (χ1n) is 10.5. The first-order chi connectivity index (χ1) is 16.8. The molecular formula is C24H21Cl2N3O4S2. The van der Waals surface area contributed by atoms with Crippen molar-refractivity contribution in [2.24, 2.45) is 5.10 Å². The summed E-state index contributed by atoms with van der Waals surface area (Å²) in [6.45, 7) is -0.509. The molecule has 11 heteroatoms. The van der Waals surface area contributed by atoms with Gasteiger partial charge in [-0.05, 0) is 60.2 Å². The Kier molecular flexibility index (Phi) is 8.22. The SMILES string of the molecule is O=C(CN(c1cccc(Cl)c1)S(=O)(=O)c1ccc(Cl)cc1)N/N=C\c1cccc(OC2CSC2)c1. The zero-order chi connectivity index (χ0) is 24.8. The second kappa shape index (κ2) is 11.3. The van der Waals surface area contributed by atoms with Crippen molar-refractivity contribution in [3.63, 3.8) is 0 Å². The van der Waals surface area contributed by atoms with Crippen LogP contribution in [-0.4, -0.2) is 44.7 Å². The Morgan fingerprint density at radius 1 is 1.06 bits per heavy atom. The Morgan fingerprint density at radius 3 is 2.49 bits per heavy atom. The van der Waals surface area contributed by atoms with Crippen molar-refractivity contribution in [3.8, 4) is 5.75 Å². The number of thioether (sulfide) groups is 1. The molecule has 1 N–H and O–H groups in total. The Bertz CT molecular complexity index is 1330. The predicted molar refractivity (Wildman–Crippen MR) is 141 cm³/mol. The third kappa shape index (κ3) is 6.70. The average Bonchev–Trinajstić information content (AvgIpc) is 2.80. The van der Waals surface area contributed by atoms with Gasteiger partial charge in [0.05, 0.1) is 16.8 Å². The van der Waals surface area contributed by atoms with E-state index in [0.717, 1.165) is 27.1 Å². The van der Waals surface area contributed by atoms with Crippen molar-refractivity contribution in [2.75, 3.05) is 22.4 Å². The molecule has 0 atom stereocenters. The fourth-order valence-corrected chi connectivity index (χ4v) is 5.45. The van der Waals surface area contributed by atoms with E-state index in [4.69, 9.17) is 27.9 Å². The first kappa shape index (κ1) is 25.4. The smallest absolute Gasteiger partial charge is 0.264 e. The molecular weight excluding hydrogens is 529 g/mol. The molecule has 182 valence electrons. The highest BCUT2D eigenvalue weighted by Gasteiger charge is 2.27. The van der Waals surface area contributed by atoms with Gasteiger partial charge in [-0.15, -0.1) is 0 Å². The Morgan fingerprint density at radius 2 is 1.80 bits per heavy atom. The van der Waals surface area contributed by atoms with Crippen LogP contribution in [0.2, 0.25) is 10.0 Å². The molecule has 1 saturated heterocycles. The van der Waals surface area contributed by atoms with Gasteiger partial charge in [0.1, 0.15) is 18.4 Å². The lowest BCUT2D eigenvalue weighted by molar-refractivity contribution is -0.119. The molecule has 3 aromatic carbocycles. The molecule has 0 radical (unpaired) electrons. The number of nitrogens with zero attached hydrogens (tertiary/aromatic N) is 2. The van der Waals surface area contributed by atoms with Crippen LogP contribution in [-0.2, 0) is 14.8 Å². The average molecular weight is 550 g/mol. The van der Waals surface area contributed by atoms with Crippen LogP contribution >= 0.6 is 35.0 Å². The van der Waals surface area contributed by atoms with Crippen LogP contribution in [0, 0.1) is 0 Å². The summed E-state index contributed by atoms with van der Waals surface area (Å²) in [5.41, 5.74) is 3.36. The number of ether oxygens (including phenoxy) is 1. The number of anilines is 1. The van der Waals surface area contributed by atoms with Crippen LogP contribution in [0.15, 0.2) is 82.8 Å². The van der Waals surface area contributed by atoms with Gasteiger partial charge >= 0.3 is 0 Å². The van der Waals surface area contributed by atoms with Gasteiger partial charge in [-0.25, -0.2) is 13.8 Å². The Labute approximate surface area is 218 Å². The molecule has 4 rings (SSSR count). The number of sulfonamides is 1. The number of nitrogens with one attached hydrogen (secondary N) is 1. The van der Waals surface area contributed by atoms with E-state index in [0.29, 0.717) is 10.0 Å². The van der Waals surface area contributed by atoms with Crippen molar-refractivity contribution < 1.29 is 17.9 Å². The third-order valence-electron chi connectivity index (χ3n) is 4.96. The van der Waals surface area contributed by atoms with E-state index in [1.807, 2.05) is 36.0 Å². The van der Waals surface area contributed by atoms with Gasteiger partial charge in [-0.3, -0.25) is 9.10 Å². The summed E-state index contributed by atoms with van der Waals surface area (Å²) >= 11 is 13.8. The van der Waals surface area contributed by atoms with Crippen LogP contribution in [0.1, 0.15) is 5.56 Å². The maximum Gasteiger partial charge on any atom is 0.264 e. The van der Waals surface area contributed by atoms with E-state index in [-0.39, 0.29) is 16.7 Å². The molecule has 35 heavy (non-hydrogen) atoms. The van der Waals surface area contributed by atoms with Gasteiger partial charge in [-0.2, -0.15) is 16.9 Å². The molecule has 0 unspecified atom stereocenters. The number of carbonyl (C=O) groups excluding carboxylic acids is 1. The second-order valence-corrected chi connectivity index (χ2v) is 11.4. The fourth-order valence-electron chi connectivity index (χ4n) is 3.17. The van der Waals surface area contributed by atoms with Crippen LogP contribution < -0.4 is 14.5 Å². The van der Waals surface area contributed by atoms with E-state index in [1.165, 1.54) is 36.5 Å². The zero-order valence-corrected chi connectivity index (χ0v) is 21.4. The highest BCUT2D eigenvalue weighted by molar-refractivity contribution is 8.00. The number of rotatable bonds is 9. The molecule has 0 aromatic heterocycles. The van der Waals surface area contributed by atoms with Crippen molar-refractivity contribution >= 4 is 62.8 Å². The van der Waals surface area contributed by atoms with Crippen LogP contribution in [0.5, 0.6) is 5.75 Å². The Balaban J connectivity index is 1.48. The number of halogens is 2. The van der Waals surface area contributed by atoms with E-state index in [9.17, 15) is 13.2 Å². The predicted octanol–water partition coefficient (Wildman–Crippen LogP) is 4.83. The normalized spacial score (nSPS) is 13.9. The molecule has 1 heterocycles. The standard InChI is InChI=1S/C24H21Cl2N3O4S2/c25-18-7-9-23(10-8-18)35(31,32)29(20-5-2-4-19(26)12-20)14-24(30)28-27-13-17-3-1-6-21(11-17)33-22-15-34-16-22/h1-13,22H,14-16H2,(H,28,30)/b27-13-. The van der Waals surface area contributed by atoms with E-state index in [2.05, 4.69) is 10.5 Å². The fraction of sp³-hybridized carbons (Fsp3) is 0.167. The Hall–Kier alpha value is -2.72. The number of carbonyl (C=O) groups is 1. The number of hydrogen-bond donors (Lipinski definition) is 1. The summed E-state index contributed by atoms with van der Waals surface area (Å²) in [7, 11) is -4.09. The highest BCUT2D eigenvalue weighted by Crippen LogP contribution is 2.27. The van der Waals surface area contributed by atoms with Gasteiger partial charge in [0, 0.05) is 21.6 Å². The number of benzene rings is 3. The minimum atomic E-state index is -4.09. The van der Waals surface area contributed by atoms with E-state index < -0.39 is 22.5 Å². The van der Waals surface area contributed by atoms with Gasteiger partial charge < -0.3 is 4.74 Å². The summed E-state index contributed by atoms with van der Waals surface area (Å²) in [6, 6.07) is 19.3. The molecule has 0 bridgehead atoms. The van der Waals surface area contributed by atoms with Crippen LogP contribution in [0.3, 0.4) is 0 Å². The molecule has 1 aliphatic rings. The van der Waals surface area contributed by atoms with E-state index in [1.54, 1.807) is 18.2 Å². The zero-order valence-electron chi connectivity index (χ0n) is 18.3. The minimum absolute atomic E-state index is 0.0140. The summed E-state index contributed by atoms with van der Waals surface area (Å²) in [5.74, 6) is 2.04. The topological polar surface area (TPSA) is 88.1 Å². The van der Waals surface area contributed by atoms with Crippen molar-refractivity contribution in [1.29, 1.82) is 0 Å². The summed E-state index contributed by atoms with van der Waals surface area (Å²) in [4.78, 5) is 12.7. The molecule has 0 aliphatic carbocycles. The molecule has 1 aliphatic heterocycles. The van der Waals surface area contributed by atoms with Crippen molar-refractivity contribution in [1.82, 2.24) is 5.43 Å². The molecule has 0 spiro atoms. The lowest BCUT2D eigenvalue weighted by Gasteiger charge is -2.25. The number of hydrogen-bond acceptors (Lipinski definition) is 6. The van der Waals surface area contributed by atoms with E-state index >= 15 is 0 Å². The lowest BCUT2D eigenvalue weighted by Crippen LogP contribution is -2.39. The van der Waals surface area contributed by atoms with Crippen LogP contribution in [0.25, 0.3) is 0 Å². The molecule has 7 nitrogen and oxygen atoms in total. The second-order valence-electron chi connectivity index (χ2n) is 7.59. The maximum absolute atomic E-state index is 13.3.